The number of carbonyl (C=O) groups is 1. The fourth-order valence-corrected chi connectivity index (χ4v) is 3.04. The zero-order chi connectivity index (χ0) is 19.5. The van der Waals surface area contributed by atoms with Crippen molar-refractivity contribution in [1.82, 2.24) is 9.97 Å². The molecule has 4 aromatic rings. The van der Waals surface area contributed by atoms with Gasteiger partial charge in [0.15, 0.2) is 5.78 Å². The lowest BCUT2D eigenvalue weighted by molar-refractivity contribution is 0.103. The first-order chi connectivity index (χ1) is 13.6. The van der Waals surface area contributed by atoms with Crippen molar-refractivity contribution < 1.29 is 4.79 Å². The summed E-state index contributed by atoms with van der Waals surface area (Å²) in [6, 6.07) is 23.8. The maximum atomic E-state index is 12.6. The average molecular weight is 384 g/mol. The van der Waals surface area contributed by atoms with E-state index in [-0.39, 0.29) is 5.78 Å². The van der Waals surface area contributed by atoms with Crippen molar-refractivity contribution in [1.29, 1.82) is 5.26 Å². The first-order valence-electron chi connectivity index (χ1n) is 8.61. The van der Waals surface area contributed by atoms with Crippen LogP contribution in [0.25, 0.3) is 22.7 Å². The van der Waals surface area contributed by atoms with E-state index >= 15 is 0 Å². The molecule has 1 aromatic heterocycles. The van der Waals surface area contributed by atoms with Crippen LogP contribution in [0, 0.1) is 11.3 Å². The van der Waals surface area contributed by atoms with E-state index < -0.39 is 0 Å². The molecule has 0 spiro atoms. The summed E-state index contributed by atoms with van der Waals surface area (Å²) in [7, 11) is 0. The Morgan fingerprint density at radius 3 is 2.46 bits per heavy atom. The van der Waals surface area contributed by atoms with Crippen LogP contribution >= 0.6 is 11.6 Å². The molecule has 0 unspecified atom stereocenters. The molecule has 134 valence electrons. The number of halogens is 1. The molecule has 1 N–H and O–H groups in total. The molecule has 0 fully saturated rings. The Balaban J connectivity index is 1.70. The number of imidazole rings is 1. The Bertz CT molecular complexity index is 1230. The molecule has 0 amide bonds. The SMILES string of the molecule is N#C/C(=C\c1ccc(Cl)cc1)c1nc2ccc(C(=O)c3ccccc3)cc2[nH]1. The lowest BCUT2D eigenvalue weighted by atomic mass is 10.0. The predicted molar refractivity (Wildman–Crippen MR) is 111 cm³/mol. The van der Waals surface area contributed by atoms with Crippen LogP contribution < -0.4 is 0 Å². The normalized spacial score (nSPS) is 11.4. The molecule has 0 radical (unpaired) electrons. The molecule has 0 saturated carbocycles. The molecule has 3 aromatic carbocycles. The molecule has 28 heavy (non-hydrogen) atoms. The maximum absolute atomic E-state index is 12.6. The Labute approximate surface area is 166 Å². The third-order valence-electron chi connectivity index (χ3n) is 4.34. The van der Waals surface area contributed by atoms with E-state index in [0.717, 1.165) is 5.56 Å². The average Bonchev–Trinajstić information content (AvgIpc) is 3.16. The zero-order valence-electron chi connectivity index (χ0n) is 14.7. The summed E-state index contributed by atoms with van der Waals surface area (Å²) in [5, 5.41) is 10.2. The monoisotopic (exact) mass is 383 g/mol. The number of H-pyrrole nitrogens is 1. The summed E-state index contributed by atoms with van der Waals surface area (Å²) in [6.45, 7) is 0. The lowest BCUT2D eigenvalue weighted by Gasteiger charge is -2.00. The smallest absolute Gasteiger partial charge is 0.193 e. The molecular weight excluding hydrogens is 370 g/mol. The van der Waals surface area contributed by atoms with Crippen molar-refractivity contribution in [3.8, 4) is 6.07 Å². The zero-order valence-corrected chi connectivity index (χ0v) is 15.4. The molecule has 0 bridgehead atoms. The van der Waals surface area contributed by atoms with Gasteiger partial charge in [0.2, 0.25) is 0 Å². The van der Waals surface area contributed by atoms with Gasteiger partial charge in [-0.25, -0.2) is 4.98 Å². The van der Waals surface area contributed by atoms with Crippen molar-refractivity contribution in [2.45, 2.75) is 0 Å². The minimum atomic E-state index is -0.0594. The molecule has 5 heteroatoms. The largest absolute Gasteiger partial charge is 0.337 e. The highest BCUT2D eigenvalue weighted by Crippen LogP contribution is 2.22. The quantitative estimate of drug-likeness (QED) is 0.373. The second-order valence-electron chi connectivity index (χ2n) is 6.23. The van der Waals surface area contributed by atoms with E-state index in [1.165, 1.54) is 0 Å². The molecule has 0 aliphatic heterocycles. The van der Waals surface area contributed by atoms with E-state index in [2.05, 4.69) is 16.0 Å². The van der Waals surface area contributed by atoms with Gasteiger partial charge in [-0.1, -0.05) is 54.1 Å². The van der Waals surface area contributed by atoms with Crippen LogP contribution in [0.3, 0.4) is 0 Å². The van der Waals surface area contributed by atoms with Gasteiger partial charge in [0, 0.05) is 16.1 Å². The first kappa shape index (κ1) is 17.7. The van der Waals surface area contributed by atoms with Crippen LogP contribution in [-0.4, -0.2) is 15.8 Å². The topological polar surface area (TPSA) is 69.5 Å². The minimum Gasteiger partial charge on any atom is -0.337 e. The minimum absolute atomic E-state index is 0.0594. The van der Waals surface area contributed by atoms with Crippen LogP contribution in [0.4, 0.5) is 0 Å². The molecular formula is C23H14ClN3O. The Morgan fingerprint density at radius 1 is 1.00 bits per heavy atom. The van der Waals surface area contributed by atoms with Crippen molar-refractivity contribution in [2.75, 3.05) is 0 Å². The number of hydrogen-bond donors (Lipinski definition) is 1. The van der Waals surface area contributed by atoms with Crippen LogP contribution in [0.15, 0.2) is 72.8 Å². The van der Waals surface area contributed by atoms with E-state index in [9.17, 15) is 10.1 Å². The van der Waals surface area contributed by atoms with Gasteiger partial charge in [-0.05, 0) is 42.0 Å². The number of rotatable bonds is 4. The third kappa shape index (κ3) is 3.57. The predicted octanol–water partition coefficient (Wildman–Crippen LogP) is 5.51. The van der Waals surface area contributed by atoms with Gasteiger partial charge in [0.25, 0.3) is 0 Å². The van der Waals surface area contributed by atoms with E-state index in [1.54, 1.807) is 48.5 Å². The lowest BCUT2D eigenvalue weighted by Crippen LogP contribution is -2.00. The van der Waals surface area contributed by atoms with Crippen LogP contribution in [0.1, 0.15) is 27.3 Å². The summed E-state index contributed by atoms with van der Waals surface area (Å²) in [5.41, 5.74) is 3.83. The highest BCUT2D eigenvalue weighted by molar-refractivity contribution is 6.30. The molecule has 0 saturated heterocycles. The second kappa shape index (κ2) is 7.51. The number of aromatic amines is 1. The maximum Gasteiger partial charge on any atom is 0.193 e. The van der Waals surface area contributed by atoms with Gasteiger partial charge >= 0.3 is 0 Å². The van der Waals surface area contributed by atoms with Crippen LogP contribution in [0.2, 0.25) is 5.02 Å². The number of hydrogen-bond acceptors (Lipinski definition) is 3. The highest BCUT2D eigenvalue weighted by atomic mass is 35.5. The van der Waals surface area contributed by atoms with Gasteiger partial charge in [-0.15, -0.1) is 0 Å². The molecule has 0 atom stereocenters. The van der Waals surface area contributed by atoms with Crippen molar-refractivity contribution in [3.63, 3.8) is 0 Å². The van der Waals surface area contributed by atoms with Gasteiger partial charge in [-0.3, -0.25) is 4.79 Å². The third-order valence-corrected chi connectivity index (χ3v) is 4.59. The molecule has 4 nitrogen and oxygen atoms in total. The van der Waals surface area contributed by atoms with Gasteiger partial charge in [0.05, 0.1) is 16.6 Å². The summed E-state index contributed by atoms with van der Waals surface area (Å²) < 4.78 is 0. The number of aromatic nitrogens is 2. The number of ketones is 1. The molecule has 4 rings (SSSR count). The van der Waals surface area contributed by atoms with Crippen molar-refractivity contribution in [2.24, 2.45) is 0 Å². The van der Waals surface area contributed by atoms with Crippen molar-refractivity contribution >= 4 is 40.1 Å². The first-order valence-corrected chi connectivity index (χ1v) is 8.99. The standard InChI is InChI=1S/C23H14ClN3O/c24-19-9-6-15(7-10-19)12-18(14-25)23-26-20-11-8-17(13-21(20)27-23)22(28)16-4-2-1-3-5-16/h1-13H,(H,26,27)/b18-12+. The Hall–Kier alpha value is -3.68. The number of nitrogens with zero attached hydrogens (tertiary/aromatic N) is 2. The van der Waals surface area contributed by atoms with E-state index in [4.69, 9.17) is 11.6 Å². The summed E-state index contributed by atoms with van der Waals surface area (Å²) in [4.78, 5) is 20.3. The molecule has 0 aliphatic carbocycles. The summed E-state index contributed by atoms with van der Waals surface area (Å²) in [5.74, 6) is 0.396. The van der Waals surface area contributed by atoms with E-state index in [1.807, 2.05) is 30.3 Å². The fourth-order valence-electron chi connectivity index (χ4n) is 2.91. The van der Waals surface area contributed by atoms with Gasteiger partial charge < -0.3 is 4.98 Å². The molecule has 1 heterocycles. The highest BCUT2D eigenvalue weighted by Gasteiger charge is 2.12. The number of allylic oxidation sites excluding steroid dienone is 1. The summed E-state index contributed by atoms with van der Waals surface area (Å²) in [6.07, 6.45) is 1.74. The van der Waals surface area contributed by atoms with Crippen LogP contribution in [-0.2, 0) is 0 Å². The Kier molecular flexibility index (Phi) is 4.76. The number of benzene rings is 3. The van der Waals surface area contributed by atoms with Crippen molar-refractivity contribution in [3.05, 3.63) is 100 Å². The fraction of sp³-hybridized carbons (Fsp3) is 0. The molecule has 0 aliphatic rings. The van der Waals surface area contributed by atoms with Gasteiger partial charge in [0.1, 0.15) is 11.9 Å². The Morgan fingerprint density at radius 2 is 1.75 bits per heavy atom. The number of nitriles is 1. The van der Waals surface area contributed by atoms with Gasteiger partial charge in [-0.2, -0.15) is 5.26 Å². The number of carbonyl (C=O) groups excluding carboxylic acids is 1. The summed E-state index contributed by atoms with van der Waals surface area (Å²) >= 11 is 5.91. The number of nitrogens with one attached hydrogen (secondary N) is 1. The number of fused-ring (bicyclic) bond motifs is 1. The van der Waals surface area contributed by atoms with Crippen LogP contribution in [0.5, 0.6) is 0 Å². The van der Waals surface area contributed by atoms with E-state index in [0.29, 0.717) is 38.6 Å². The second-order valence-corrected chi connectivity index (χ2v) is 6.67.